The maximum absolute atomic E-state index is 12.6. The van der Waals surface area contributed by atoms with Crippen LogP contribution in [0.1, 0.15) is 11.4 Å². The number of rotatable bonds is 4. The predicted octanol–water partition coefficient (Wildman–Crippen LogP) is 3.06. The van der Waals surface area contributed by atoms with Gasteiger partial charge in [-0.1, -0.05) is 35.9 Å². The first-order valence-electron chi connectivity index (χ1n) is 7.80. The molecule has 0 saturated carbocycles. The summed E-state index contributed by atoms with van der Waals surface area (Å²) < 4.78 is 6.18. The molecule has 0 unspecified atom stereocenters. The number of halogens is 1. The zero-order valence-electron chi connectivity index (χ0n) is 14.2. The fourth-order valence-corrected chi connectivity index (χ4v) is 2.61. The van der Waals surface area contributed by atoms with Crippen LogP contribution in [0.5, 0.6) is 5.75 Å². The van der Waals surface area contributed by atoms with Gasteiger partial charge in [0.05, 0.1) is 18.0 Å². The van der Waals surface area contributed by atoms with Crippen LogP contribution in [0, 0.1) is 6.92 Å². The van der Waals surface area contributed by atoms with Crippen LogP contribution in [0.25, 0.3) is 17.0 Å². The van der Waals surface area contributed by atoms with Gasteiger partial charge < -0.3 is 4.74 Å². The SMILES string of the molecule is COc1ccc(/C=C(\Cl)C(=O)Nn2c(C)nc3ccccc3c2=O)cc1. The van der Waals surface area contributed by atoms with Crippen molar-refractivity contribution in [3.8, 4) is 5.75 Å². The Morgan fingerprint density at radius 3 is 2.58 bits per heavy atom. The highest BCUT2D eigenvalue weighted by atomic mass is 35.5. The molecule has 1 aromatic heterocycles. The first-order valence-corrected chi connectivity index (χ1v) is 8.18. The van der Waals surface area contributed by atoms with E-state index in [-0.39, 0.29) is 10.6 Å². The topological polar surface area (TPSA) is 73.2 Å². The van der Waals surface area contributed by atoms with E-state index in [2.05, 4.69) is 10.4 Å². The summed E-state index contributed by atoms with van der Waals surface area (Å²) in [7, 11) is 1.57. The molecule has 0 fully saturated rings. The molecular formula is C19H16ClN3O3. The van der Waals surface area contributed by atoms with Crippen molar-refractivity contribution in [2.24, 2.45) is 0 Å². The second-order valence-corrected chi connectivity index (χ2v) is 5.93. The maximum Gasteiger partial charge on any atom is 0.281 e. The fourth-order valence-electron chi connectivity index (χ4n) is 2.44. The Hall–Kier alpha value is -3.12. The number of benzene rings is 2. The van der Waals surface area contributed by atoms with Crippen molar-refractivity contribution < 1.29 is 9.53 Å². The van der Waals surface area contributed by atoms with Gasteiger partial charge >= 0.3 is 0 Å². The lowest BCUT2D eigenvalue weighted by Crippen LogP contribution is -2.35. The Morgan fingerprint density at radius 2 is 1.88 bits per heavy atom. The predicted molar refractivity (Wildman–Crippen MR) is 102 cm³/mol. The highest BCUT2D eigenvalue weighted by Crippen LogP contribution is 2.16. The molecule has 0 aliphatic rings. The van der Waals surface area contributed by atoms with Crippen molar-refractivity contribution in [2.45, 2.75) is 6.92 Å². The van der Waals surface area contributed by atoms with Gasteiger partial charge in [0.2, 0.25) is 0 Å². The van der Waals surface area contributed by atoms with Gasteiger partial charge in [-0.2, -0.15) is 0 Å². The molecule has 1 N–H and O–H groups in total. The van der Waals surface area contributed by atoms with Crippen LogP contribution in [0.2, 0.25) is 0 Å². The van der Waals surface area contributed by atoms with Gasteiger partial charge in [0.1, 0.15) is 16.6 Å². The molecule has 132 valence electrons. The zero-order valence-corrected chi connectivity index (χ0v) is 14.9. The molecule has 0 aliphatic carbocycles. The Bertz CT molecular complexity index is 1060. The molecule has 0 radical (unpaired) electrons. The summed E-state index contributed by atoms with van der Waals surface area (Å²) in [5.41, 5.74) is 3.42. The summed E-state index contributed by atoms with van der Waals surface area (Å²) in [6.07, 6.45) is 1.51. The number of methoxy groups -OCH3 is 1. The van der Waals surface area contributed by atoms with Crippen molar-refractivity contribution in [1.29, 1.82) is 0 Å². The number of nitrogens with zero attached hydrogens (tertiary/aromatic N) is 2. The minimum atomic E-state index is -0.607. The molecular weight excluding hydrogens is 354 g/mol. The van der Waals surface area contributed by atoms with Crippen LogP contribution in [-0.4, -0.2) is 22.7 Å². The lowest BCUT2D eigenvalue weighted by Gasteiger charge is -2.11. The van der Waals surface area contributed by atoms with Crippen molar-refractivity contribution in [3.05, 3.63) is 75.3 Å². The largest absolute Gasteiger partial charge is 0.497 e. The Kier molecular flexibility index (Phi) is 5.04. The number of carbonyl (C=O) groups is 1. The third-order valence-corrected chi connectivity index (χ3v) is 4.06. The normalized spacial score (nSPS) is 11.4. The number of aromatic nitrogens is 2. The van der Waals surface area contributed by atoms with Crippen LogP contribution in [0.4, 0.5) is 0 Å². The molecule has 0 aliphatic heterocycles. The van der Waals surface area contributed by atoms with E-state index >= 15 is 0 Å². The first-order chi connectivity index (χ1) is 12.5. The number of nitrogens with one attached hydrogen (secondary N) is 1. The quantitative estimate of drug-likeness (QED) is 0.717. The van der Waals surface area contributed by atoms with Crippen molar-refractivity contribution >= 4 is 34.5 Å². The summed E-state index contributed by atoms with van der Waals surface area (Å²) >= 11 is 6.09. The van der Waals surface area contributed by atoms with E-state index in [9.17, 15) is 9.59 Å². The molecule has 0 bridgehead atoms. The molecule has 0 saturated heterocycles. The van der Waals surface area contributed by atoms with Crippen LogP contribution in [-0.2, 0) is 4.79 Å². The highest BCUT2D eigenvalue weighted by molar-refractivity contribution is 6.45. The van der Waals surface area contributed by atoms with E-state index in [1.54, 1.807) is 62.6 Å². The standard InChI is InChI=1S/C19H16ClN3O3/c1-12-21-17-6-4-3-5-15(17)19(25)23(12)22-18(24)16(20)11-13-7-9-14(26-2)10-8-13/h3-11H,1-2H3,(H,22,24)/b16-11-. The minimum Gasteiger partial charge on any atom is -0.497 e. The number of carbonyl (C=O) groups excluding carboxylic acids is 1. The summed E-state index contributed by atoms with van der Waals surface area (Å²) in [4.78, 5) is 29.2. The third-order valence-electron chi connectivity index (χ3n) is 3.78. The van der Waals surface area contributed by atoms with E-state index in [1.807, 2.05) is 0 Å². The number of aryl methyl sites for hydroxylation is 1. The molecule has 6 nitrogen and oxygen atoms in total. The van der Waals surface area contributed by atoms with E-state index < -0.39 is 5.91 Å². The van der Waals surface area contributed by atoms with Crippen LogP contribution in [0.15, 0.2) is 58.4 Å². The monoisotopic (exact) mass is 369 g/mol. The molecule has 1 amide bonds. The Morgan fingerprint density at radius 1 is 1.19 bits per heavy atom. The van der Waals surface area contributed by atoms with E-state index in [0.717, 1.165) is 10.2 Å². The number of ether oxygens (including phenoxy) is 1. The third kappa shape index (κ3) is 3.60. The second-order valence-electron chi connectivity index (χ2n) is 5.52. The summed E-state index contributed by atoms with van der Waals surface area (Å²) in [5.74, 6) is 0.452. The van der Waals surface area contributed by atoms with Crippen LogP contribution >= 0.6 is 11.6 Å². The highest BCUT2D eigenvalue weighted by Gasteiger charge is 2.13. The number of hydrogen-bond acceptors (Lipinski definition) is 4. The molecule has 0 atom stereocenters. The van der Waals surface area contributed by atoms with Crippen molar-refractivity contribution in [1.82, 2.24) is 9.66 Å². The first kappa shape index (κ1) is 17.7. The minimum absolute atomic E-state index is 0.0605. The van der Waals surface area contributed by atoms with Gasteiger partial charge in [-0.3, -0.25) is 15.0 Å². The van der Waals surface area contributed by atoms with Crippen LogP contribution < -0.4 is 15.7 Å². The maximum atomic E-state index is 12.6. The molecule has 7 heteroatoms. The fraction of sp³-hybridized carbons (Fsp3) is 0.105. The lowest BCUT2D eigenvalue weighted by molar-refractivity contribution is -0.113. The smallest absolute Gasteiger partial charge is 0.281 e. The number of amides is 1. The molecule has 26 heavy (non-hydrogen) atoms. The lowest BCUT2D eigenvalue weighted by atomic mass is 10.2. The van der Waals surface area contributed by atoms with Gasteiger partial charge in [0, 0.05) is 0 Å². The average molecular weight is 370 g/mol. The van der Waals surface area contributed by atoms with E-state index in [1.165, 1.54) is 6.08 Å². The molecule has 3 rings (SSSR count). The molecule has 0 spiro atoms. The number of fused-ring (bicyclic) bond motifs is 1. The van der Waals surface area contributed by atoms with Crippen LogP contribution in [0.3, 0.4) is 0 Å². The Labute approximate surface area is 154 Å². The van der Waals surface area contributed by atoms with Gasteiger partial charge in [-0.05, 0) is 42.8 Å². The van der Waals surface area contributed by atoms with Gasteiger partial charge in [0.25, 0.3) is 11.5 Å². The second kappa shape index (κ2) is 7.41. The summed E-state index contributed by atoms with van der Waals surface area (Å²) in [5, 5.41) is 0.350. The van der Waals surface area contributed by atoms with Gasteiger partial charge in [-0.15, -0.1) is 0 Å². The average Bonchev–Trinajstić information content (AvgIpc) is 2.65. The van der Waals surface area contributed by atoms with Crippen molar-refractivity contribution in [2.75, 3.05) is 12.5 Å². The van der Waals surface area contributed by atoms with E-state index in [4.69, 9.17) is 16.3 Å². The summed E-state index contributed by atoms with van der Waals surface area (Å²) in [6, 6.07) is 14.0. The zero-order chi connectivity index (χ0) is 18.7. The van der Waals surface area contributed by atoms with Crippen molar-refractivity contribution in [3.63, 3.8) is 0 Å². The van der Waals surface area contributed by atoms with E-state index in [0.29, 0.717) is 22.5 Å². The molecule has 1 heterocycles. The number of hydrogen-bond donors (Lipinski definition) is 1. The Balaban J connectivity index is 1.88. The molecule has 2 aromatic carbocycles. The molecule has 3 aromatic rings. The number of para-hydroxylation sites is 1. The van der Waals surface area contributed by atoms with Gasteiger partial charge in [-0.25, -0.2) is 9.66 Å². The van der Waals surface area contributed by atoms with Gasteiger partial charge in [0.15, 0.2) is 0 Å². The summed E-state index contributed by atoms with van der Waals surface area (Å²) in [6.45, 7) is 1.63.